The summed E-state index contributed by atoms with van der Waals surface area (Å²) >= 11 is 0. The van der Waals surface area contributed by atoms with E-state index in [4.69, 9.17) is 0 Å². The van der Waals surface area contributed by atoms with E-state index < -0.39 is 15.3 Å². The van der Waals surface area contributed by atoms with E-state index in [9.17, 15) is 13.2 Å². The average Bonchev–Trinajstić information content (AvgIpc) is 2.69. The van der Waals surface area contributed by atoms with Crippen LogP contribution in [0.5, 0.6) is 0 Å². The van der Waals surface area contributed by atoms with E-state index in [0.717, 1.165) is 0 Å². The number of nitrogens with zero attached hydrogens (tertiary/aromatic N) is 3. The van der Waals surface area contributed by atoms with Crippen LogP contribution >= 0.6 is 0 Å². The molecular formula is C19H23N3O3S. The fraction of sp³-hybridized carbons (Fsp3) is 0.368. The highest BCUT2D eigenvalue weighted by molar-refractivity contribution is 7.89. The second kappa shape index (κ2) is 7.97. The molecule has 0 aliphatic carbocycles. The largest absolute Gasteiger partial charge is 0.337 e. The number of rotatable bonds is 5. The Morgan fingerprint density at radius 2 is 1.92 bits per heavy atom. The molecule has 1 amide bonds. The Hall–Kier alpha value is -2.25. The monoisotopic (exact) mass is 373 g/mol. The van der Waals surface area contributed by atoms with Crippen molar-refractivity contribution in [3.8, 4) is 0 Å². The molecule has 0 saturated carbocycles. The van der Waals surface area contributed by atoms with Crippen LogP contribution in [0.2, 0.25) is 0 Å². The van der Waals surface area contributed by atoms with Crippen LogP contribution in [-0.2, 0) is 16.6 Å². The standard InChI is InChI=1S/C19H23N3O3S/c1-21(14-17-10-5-6-12-20-17)26(24,25)18-11-7-13-22(15-18)19(23)16-8-3-2-4-9-16/h2-6,8-10,12,18H,7,11,13-15H2,1H3. The first-order valence-electron chi connectivity index (χ1n) is 8.68. The van der Waals surface area contributed by atoms with Crippen LogP contribution in [0, 0.1) is 0 Å². The van der Waals surface area contributed by atoms with Crippen LogP contribution < -0.4 is 0 Å². The molecule has 2 heterocycles. The number of piperidine rings is 1. The summed E-state index contributed by atoms with van der Waals surface area (Å²) in [5, 5.41) is -0.586. The first kappa shape index (κ1) is 18.5. The zero-order chi connectivity index (χ0) is 18.6. The summed E-state index contributed by atoms with van der Waals surface area (Å²) in [6.07, 6.45) is 2.89. The molecule has 138 valence electrons. The molecule has 1 aromatic heterocycles. The molecule has 3 rings (SSSR count). The van der Waals surface area contributed by atoms with Crippen LogP contribution in [0.4, 0.5) is 0 Å². The topological polar surface area (TPSA) is 70.6 Å². The predicted molar refractivity (Wildman–Crippen MR) is 100.0 cm³/mol. The van der Waals surface area contributed by atoms with Gasteiger partial charge in [-0.05, 0) is 37.1 Å². The number of hydrogen-bond acceptors (Lipinski definition) is 4. The fourth-order valence-electron chi connectivity index (χ4n) is 3.19. The molecule has 1 aliphatic rings. The third-order valence-corrected chi connectivity index (χ3v) is 6.88. The zero-order valence-electron chi connectivity index (χ0n) is 14.8. The number of aromatic nitrogens is 1. The number of likely N-dealkylation sites (tertiary alicyclic amines) is 1. The van der Waals surface area contributed by atoms with Gasteiger partial charge in [-0.3, -0.25) is 9.78 Å². The van der Waals surface area contributed by atoms with Crippen LogP contribution in [-0.4, -0.2) is 53.9 Å². The van der Waals surface area contributed by atoms with Gasteiger partial charge in [-0.15, -0.1) is 0 Å². The number of hydrogen-bond donors (Lipinski definition) is 0. The van der Waals surface area contributed by atoms with Gasteiger partial charge < -0.3 is 4.90 Å². The van der Waals surface area contributed by atoms with E-state index in [1.807, 2.05) is 24.3 Å². The van der Waals surface area contributed by atoms with Gasteiger partial charge in [-0.25, -0.2) is 8.42 Å². The third kappa shape index (κ3) is 4.11. The quantitative estimate of drug-likeness (QED) is 0.805. The number of pyridine rings is 1. The summed E-state index contributed by atoms with van der Waals surface area (Å²) in [5.41, 5.74) is 1.29. The van der Waals surface area contributed by atoms with Crippen molar-refractivity contribution >= 4 is 15.9 Å². The van der Waals surface area contributed by atoms with Gasteiger partial charge >= 0.3 is 0 Å². The van der Waals surface area contributed by atoms with E-state index in [-0.39, 0.29) is 19.0 Å². The van der Waals surface area contributed by atoms with Gasteiger partial charge in [0.25, 0.3) is 5.91 Å². The molecule has 7 heteroatoms. The predicted octanol–water partition coefficient (Wildman–Crippen LogP) is 2.15. The lowest BCUT2D eigenvalue weighted by Crippen LogP contribution is -2.48. The Kier molecular flexibility index (Phi) is 5.68. The summed E-state index contributed by atoms with van der Waals surface area (Å²) in [7, 11) is -1.94. The second-order valence-corrected chi connectivity index (χ2v) is 8.82. The van der Waals surface area contributed by atoms with Gasteiger partial charge in [0.1, 0.15) is 0 Å². The van der Waals surface area contributed by atoms with Gasteiger partial charge in [0.2, 0.25) is 10.0 Å². The molecular weight excluding hydrogens is 350 g/mol. The molecule has 26 heavy (non-hydrogen) atoms. The van der Waals surface area contributed by atoms with Crippen molar-refractivity contribution in [2.45, 2.75) is 24.6 Å². The smallest absolute Gasteiger partial charge is 0.253 e. The number of amides is 1. The van der Waals surface area contributed by atoms with Crippen molar-refractivity contribution in [1.29, 1.82) is 0 Å². The lowest BCUT2D eigenvalue weighted by molar-refractivity contribution is 0.0725. The molecule has 1 fully saturated rings. The summed E-state index contributed by atoms with van der Waals surface area (Å²) in [4.78, 5) is 18.5. The van der Waals surface area contributed by atoms with Gasteiger partial charge in [-0.2, -0.15) is 4.31 Å². The molecule has 1 aromatic carbocycles. The van der Waals surface area contributed by atoms with E-state index in [0.29, 0.717) is 30.6 Å². The molecule has 0 bridgehead atoms. The van der Waals surface area contributed by atoms with Crippen molar-refractivity contribution in [2.24, 2.45) is 0 Å². The number of carbonyl (C=O) groups is 1. The molecule has 0 radical (unpaired) electrons. The highest BCUT2D eigenvalue weighted by atomic mass is 32.2. The van der Waals surface area contributed by atoms with Gasteiger partial charge in [0.15, 0.2) is 0 Å². The summed E-state index contributed by atoms with van der Waals surface area (Å²) in [5.74, 6) is -0.113. The first-order valence-corrected chi connectivity index (χ1v) is 10.2. The zero-order valence-corrected chi connectivity index (χ0v) is 15.6. The number of benzene rings is 1. The third-order valence-electron chi connectivity index (χ3n) is 4.65. The Morgan fingerprint density at radius 3 is 2.62 bits per heavy atom. The second-order valence-electron chi connectivity index (χ2n) is 6.50. The Labute approximate surface area is 154 Å². The molecule has 0 spiro atoms. The maximum absolute atomic E-state index is 13.0. The van der Waals surface area contributed by atoms with Crippen LogP contribution in [0.3, 0.4) is 0 Å². The number of sulfonamides is 1. The Morgan fingerprint density at radius 1 is 1.19 bits per heavy atom. The number of carbonyl (C=O) groups excluding carboxylic acids is 1. The van der Waals surface area contributed by atoms with Crippen molar-refractivity contribution < 1.29 is 13.2 Å². The summed E-state index contributed by atoms with van der Waals surface area (Å²) in [6, 6.07) is 14.4. The van der Waals surface area contributed by atoms with Crippen molar-refractivity contribution in [3.05, 3.63) is 66.0 Å². The highest BCUT2D eigenvalue weighted by Gasteiger charge is 2.35. The highest BCUT2D eigenvalue weighted by Crippen LogP contribution is 2.22. The minimum Gasteiger partial charge on any atom is -0.337 e. The van der Waals surface area contributed by atoms with E-state index in [1.165, 1.54) is 4.31 Å². The minimum absolute atomic E-state index is 0.113. The molecule has 1 unspecified atom stereocenters. The lowest BCUT2D eigenvalue weighted by Gasteiger charge is -2.34. The van der Waals surface area contributed by atoms with Crippen molar-refractivity contribution in [2.75, 3.05) is 20.1 Å². The van der Waals surface area contributed by atoms with E-state index in [2.05, 4.69) is 4.98 Å². The van der Waals surface area contributed by atoms with Crippen molar-refractivity contribution in [1.82, 2.24) is 14.2 Å². The van der Waals surface area contributed by atoms with Crippen LogP contribution in [0.15, 0.2) is 54.7 Å². The maximum atomic E-state index is 13.0. The minimum atomic E-state index is -3.51. The molecule has 2 aromatic rings. The van der Waals surface area contributed by atoms with Crippen LogP contribution in [0.25, 0.3) is 0 Å². The van der Waals surface area contributed by atoms with E-state index in [1.54, 1.807) is 42.4 Å². The van der Waals surface area contributed by atoms with Gasteiger partial charge in [0.05, 0.1) is 17.5 Å². The normalized spacial score (nSPS) is 18.1. The Bertz CT molecular complexity index is 841. The summed E-state index contributed by atoms with van der Waals surface area (Å²) < 4.78 is 27.3. The first-order chi connectivity index (χ1) is 12.5. The molecule has 0 N–H and O–H groups in total. The van der Waals surface area contributed by atoms with Gasteiger partial charge in [0, 0.05) is 31.9 Å². The fourth-order valence-corrected chi connectivity index (χ4v) is 4.85. The molecule has 6 nitrogen and oxygen atoms in total. The maximum Gasteiger partial charge on any atom is 0.253 e. The summed E-state index contributed by atoms with van der Waals surface area (Å²) in [6.45, 7) is 1.04. The molecule has 1 aliphatic heterocycles. The van der Waals surface area contributed by atoms with E-state index >= 15 is 0 Å². The Balaban J connectivity index is 1.70. The van der Waals surface area contributed by atoms with Crippen molar-refractivity contribution in [3.63, 3.8) is 0 Å². The van der Waals surface area contributed by atoms with Crippen LogP contribution in [0.1, 0.15) is 28.9 Å². The SMILES string of the molecule is CN(Cc1ccccn1)S(=O)(=O)C1CCCN(C(=O)c2ccccc2)C1. The average molecular weight is 373 g/mol. The molecule has 1 atom stereocenters. The lowest BCUT2D eigenvalue weighted by atomic mass is 10.1. The molecule has 1 saturated heterocycles. The van der Waals surface area contributed by atoms with Gasteiger partial charge in [-0.1, -0.05) is 24.3 Å².